The lowest BCUT2D eigenvalue weighted by Crippen LogP contribution is -2.54. The summed E-state index contributed by atoms with van der Waals surface area (Å²) in [5.41, 5.74) is 14.1. The van der Waals surface area contributed by atoms with Crippen LogP contribution >= 0.6 is 0 Å². The highest BCUT2D eigenvalue weighted by molar-refractivity contribution is 6.38. The minimum absolute atomic E-state index is 0.0137. The van der Waals surface area contributed by atoms with Crippen LogP contribution in [0.1, 0.15) is 188 Å². The number of alkyl carbamates (subject to hydrolysis) is 1. The Morgan fingerprint density at radius 2 is 1.42 bits per heavy atom. The minimum Gasteiger partial charge on any atom is -0.460 e. The molecule has 33 heteroatoms. The molecule has 6 aliphatic heterocycles. The molecule has 1 saturated carbocycles. The lowest BCUT2D eigenvalue weighted by molar-refractivity contribution is -0.167. The number of nitrogens with two attached hydrogens (primary N) is 1. The third-order valence-electron chi connectivity index (χ3n) is 25.9. The van der Waals surface area contributed by atoms with Crippen LogP contribution in [0.5, 0.6) is 0 Å². The van der Waals surface area contributed by atoms with Crippen molar-refractivity contribution in [2.75, 3.05) is 126 Å². The number of aromatic amines is 1. The highest BCUT2D eigenvalue weighted by Gasteiger charge is 2.42. The fraction of sp³-hybridized carbons (Fsp3) is 0.558. The number of ketones is 3. The predicted molar refractivity (Wildman–Crippen MR) is 482 cm³/mol. The average Bonchev–Trinajstić information content (AvgIpc) is 0.989. The number of allylic oxidation sites excluding steroid dienone is 6. The average molecular weight is 1760 g/mol. The Kier molecular flexibility index (Phi) is 34.1. The summed E-state index contributed by atoms with van der Waals surface area (Å²) in [5.74, 6) is -1.54. The topological polar surface area (TPSA) is 412 Å². The summed E-state index contributed by atoms with van der Waals surface area (Å²) < 4.78 is 36.1. The van der Waals surface area contributed by atoms with Gasteiger partial charge in [-0.3, -0.25) is 39.1 Å². The number of nitrogens with zero attached hydrogens (tertiary/aromatic N) is 13. The second-order valence-corrected chi connectivity index (χ2v) is 35.2. The summed E-state index contributed by atoms with van der Waals surface area (Å²) in [4.78, 5) is 157. The summed E-state index contributed by atoms with van der Waals surface area (Å²) in [6.07, 6.45) is 27.1. The smallest absolute Gasteiger partial charge is 0.407 e. The minimum atomic E-state index is -1.09. The number of aliphatic hydroxyl groups excluding tert-OH is 1. The van der Waals surface area contributed by atoms with Gasteiger partial charge in [-0.25, -0.2) is 44.5 Å². The van der Waals surface area contributed by atoms with Crippen molar-refractivity contribution in [3.05, 3.63) is 160 Å². The van der Waals surface area contributed by atoms with E-state index in [1.165, 1.54) is 16.8 Å². The van der Waals surface area contributed by atoms with Gasteiger partial charge in [0.25, 0.3) is 11.8 Å². The monoisotopic (exact) mass is 1760 g/mol. The number of pyridine rings is 1. The number of aliphatic hydroxyl groups is 1. The molecule has 1 aromatic carbocycles. The number of ether oxygens (including phenoxy) is 6. The quantitative estimate of drug-likeness (QED) is 0.0108. The third-order valence-corrected chi connectivity index (χ3v) is 25.9. The predicted octanol–water partition coefficient (Wildman–Crippen LogP) is 10.0. The van der Waals surface area contributed by atoms with Gasteiger partial charge in [0.2, 0.25) is 23.6 Å². The van der Waals surface area contributed by atoms with Crippen LogP contribution in [-0.2, 0) is 83.2 Å². The molecule has 9 atom stereocenters. The fourth-order valence-electron chi connectivity index (χ4n) is 18.0. The Labute approximate surface area is 748 Å². The van der Waals surface area contributed by atoms with Gasteiger partial charge in [0, 0.05) is 184 Å². The van der Waals surface area contributed by atoms with E-state index in [0.717, 1.165) is 73.3 Å². The maximum atomic E-state index is 14.5. The molecule has 5 fully saturated rings. The molecule has 2 unspecified atom stereocenters. The van der Waals surface area contributed by atoms with Crippen LogP contribution in [0.4, 0.5) is 28.3 Å². The fourth-order valence-corrected chi connectivity index (χ4v) is 18.0. The number of cyclic esters (lactones) is 1. The van der Waals surface area contributed by atoms with Crippen molar-refractivity contribution in [2.45, 2.75) is 212 Å². The molecule has 0 radical (unpaired) electrons. The van der Waals surface area contributed by atoms with E-state index in [4.69, 9.17) is 39.6 Å². The maximum absolute atomic E-state index is 14.5. The third kappa shape index (κ3) is 26.1. The van der Waals surface area contributed by atoms with Gasteiger partial charge >= 0.3 is 12.1 Å². The second-order valence-electron chi connectivity index (χ2n) is 35.2. The molecule has 2 bridgehead atoms. The van der Waals surface area contributed by atoms with E-state index in [1.54, 1.807) is 64.2 Å². The van der Waals surface area contributed by atoms with E-state index in [2.05, 4.69) is 72.4 Å². The van der Waals surface area contributed by atoms with E-state index >= 15 is 0 Å². The van der Waals surface area contributed by atoms with Gasteiger partial charge in [0.1, 0.15) is 59.5 Å². The summed E-state index contributed by atoms with van der Waals surface area (Å²) in [6, 6.07) is 8.99. The molecule has 4 saturated heterocycles. The van der Waals surface area contributed by atoms with Crippen molar-refractivity contribution >= 4 is 87.4 Å². The first-order valence-corrected chi connectivity index (χ1v) is 45.6. The number of piperazine rings is 2. The van der Waals surface area contributed by atoms with E-state index in [1.807, 2.05) is 84.1 Å². The number of H-pyrrole nitrogens is 1. The van der Waals surface area contributed by atoms with Crippen molar-refractivity contribution < 1.29 is 71.9 Å². The highest BCUT2D eigenvalue weighted by atomic mass is 16.6. The van der Waals surface area contributed by atoms with Crippen molar-refractivity contribution in [3.63, 3.8) is 0 Å². The van der Waals surface area contributed by atoms with Gasteiger partial charge in [-0.2, -0.15) is 0 Å². The molecule has 7 aliphatic rings. The zero-order chi connectivity index (χ0) is 90.2. The molecular formula is C95H126N18O15. The lowest BCUT2D eigenvalue weighted by atomic mass is 9.83. The van der Waals surface area contributed by atoms with Crippen LogP contribution in [0.3, 0.4) is 0 Å². The van der Waals surface area contributed by atoms with Gasteiger partial charge in [0.15, 0.2) is 0 Å². The number of nitrogens with one attached hydrogen (secondary N) is 4. The zero-order valence-electron chi connectivity index (χ0n) is 74.8. The number of carbonyl (C=O) groups excluding carboxylic acids is 8. The van der Waals surface area contributed by atoms with Crippen molar-refractivity contribution in [3.8, 4) is 0 Å². The second kappa shape index (κ2) is 46.2. The van der Waals surface area contributed by atoms with Gasteiger partial charge in [-0.15, -0.1) is 0 Å². The van der Waals surface area contributed by atoms with Crippen LogP contribution in [-0.4, -0.2) is 266 Å². The number of Topliss-reactive ketones (excluding diaryl/α,β-unsaturated/α-hetero) is 3. The molecular weight excluding hydrogens is 1630 g/mol. The SMILES string of the molecule is CO[C@H]1CC2CCCC(O2)C(=O)C(=O)N2CCCC[C@H]2C(=O)O[C@H](CCC2CCC(OC(=O)NCc3cnc(N4CCN(C(=O)CCOCCOCCN5CCN(c6ncc(C(=O)N7CCc8cc(CNc9ncnc(N)c9C(=N)c9cnc%10[nH]ccc%10c9)ccc8C7)cn6)CC5)CC4)nc3)CC2)CC(=O)[C@H](C)/C=C(\C)[C@@H](O)CC(=O)[C@H](C)C[C@H](C)/C=C/C=CC=C1C. The van der Waals surface area contributed by atoms with Crippen LogP contribution in [0.25, 0.3) is 11.0 Å². The number of benzene rings is 1. The highest BCUT2D eigenvalue weighted by Crippen LogP contribution is 2.35. The maximum Gasteiger partial charge on any atom is 0.407 e. The molecule has 128 heavy (non-hydrogen) atoms. The number of piperidine rings is 1. The first-order valence-electron chi connectivity index (χ1n) is 45.6. The molecule has 5 aromatic heterocycles. The molecule has 6 aromatic rings. The van der Waals surface area contributed by atoms with Gasteiger partial charge in [-0.05, 0) is 156 Å². The lowest BCUT2D eigenvalue weighted by Gasteiger charge is -2.36. The van der Waals surface area contributed by atoms with E-state index in [9.17, 15) is 43.5 Å². The summed E-state index contributed by atoms with van der Waals surface area (Å²) in [5, 5.41) is 27.4. The number of rotatable bonds is 24. The van der Waals surface area contributed by atoms with Crippen LogP contribution in [0.2, 0.25) is 0 Å². The first kappa shape index (κ1) is 94.5. The molecule has 4 amide bonds. The Hall–Kier alpha value is -11.1. The summed E-state index contributed by atoms with van der Waals surface area (Å²) >= 11 is 0. The molecule has 33 nitrogen and oxygen atoms in total. The number of carbonyl (C=O) groups is 8. The summed E-state index contributed by atoms with van der Waals surface area (Å²) in [6.45, 7) is 18.7. The number of amides is 4. The van der Waals surface area contributed by atoms with Crippen molar-refractivity contribution in [1.82, 2.24) is 64.8 Å². The standard InChI is InChI=1S/C95H126N18O15/c1-61-13-8-7-9-14-62(2)82(123-6)50-75-15-12-17-81(126-75)86(118)91(120)113-30-11-10-16-77(113)92(121)127-76(49-78(114)64(4)46-65(5)80(116)51-79(115)63(3)45-61)25-21-66-19-23-74(24-20-66)128-95(122)105-55-68-53-101-93(102-54-68)111-38-36-109(37-39-111)83(117)28-41-124-43-44-125-42-40-108-32-34-110(35-33-108)94-103-57-73(58-104-94)90(119)112-31-27-69-47-67(18-22-71(69)59-112)52-99-89-84(87(97)106-60-107-89)85(96)72-48-70-26-29-98-88(70)100-56-72/h7-9,13-14,18,22,26,29,46-48,53-54,56-58,60-61,63-64,66,74-77,80-82,96,116H,10-12,15-17,19-21,23-25,27-28,30-45,49-52,55,59H2,1-6H3,(H,98,100)(H,105,122)(H3,97,99,106,107)/b9-7?,13-8+,62-14?,65-46+,96-85?/t61-,63-,64-,66?,74?,75?,76-,77+,80+,81?,82+/m1/s1. The number of aromatic nitrogens is 8. The van der Waals surface area contributed by atoms with E-state index < -0.39 is 54.0 Å². The van der Waals surface area contributed by atoms with Crippen molar-refractivity contribution in [1.29, 1.82) is 5.41 Å². The molecule has 7 N–H and O–H groups in total. The van der Waals surface area contributed by atoms with Crippen LogP contribution in [0, 0.1) is 29.1 Å². The molecule has 0 spiro atoms. The number of anilines is 4. The first-order chi connectivity index (χ1) is 62.0. The van der Waals surface area contributed by atoms with E-state index in [-0.39, 0.29) is 110 Å². The Morgan fingerprint density at radius 1 is 0.688 bits per heavy atom. The van der Waals surface area contributed by atoms with Crippen molar-refractivity contribution in [2.24, 2.45) is 23.7 Å². The van der Waals surface area contributed by atoms with E-state index in [0.29, 0.717) is 195 Å². The Morgan fingerprint density at radius 3 is 2.18 bits per heavy atom. The number of nitrogen functional groups attached to an aromatic ring is 1. The number of hydrogen-bond acceptors (Lipinski definition) is 28. The molecule has 13 rings (SSSR count). The molecule has 686 valence electrons. The van der Waals surface area contributed by atoms with Gasteiger partial charge in [0.05, 0.1) is 68.0 Å². The van der Waals surface area contributed by atoms with Crippen LogP contribution in [0.15, 0.2) is 121 Å². The Bertz CT molecular complexity index is 4940. The normalized spacial score (nSPS) is 25.0. The largest absolute Gasteiger partial charge is 0.460 e. The van der Waals surface area contributed by atoms with Gasteiger partial charge in [-0.1, -0.05) is 75.4 Å². The summed E-state index contributed by atoms with van der Waals surface area (Å²) in [7, 11) is 1.63. The molecule has 1 aliphatic carbocycles. The van der Waals surface area contributed by atoms with Gasteiger partial charge < -0.3 is 79.4 Å². The number of fused-ring (bicyclic) bond motifs is 5. The van der Waals surface area contributed by atoms with Crippen LogP contribution < -0.4 is 26.2 Å². The number of esters is 1. The zero-order valence-corrected chi connectivity index (χ0v) is 74.8. The number of hydrogen-bond donors (Lipinski definition) is 6. The Balaban J connectivity index is 0.480. The number of methoxy groups -OCH3 is 1. The molecule has 11 heterocycles.